The van der Waals surface area contributed by atoms with Gasteiger partial charge < -0.3 is 5.32 Å². The normalized spacial score (nSPS) is 20.3. The molecule has 0 aromatic carbocycles. The molecule has 84 valence electrons. The van der Waals surface area contributed by atoms with Crippen molar-refractivity contribution in [1.29, 1.82) is 5.26 Å². The maximum absolute atomic E-state index is 8.78. The third-order valence-electron chi connectivity index (χ3n) is 2.71. The highest BCUT2D eigenvalue weighted by molar-refractivity contribution is 7.99. The first-order chi connectivity index (χ1) is 7.88. The molecular formula is C12H15N3S. The Balaban J connectivity index is 1.86. The number of pyridine rings is 1. The van der Waals surface area contributed by atoms with Crippen molar-refractivity contribution < 1.29 is 0 Å². The molecule has 2 heterocycles. The van der Waals surface area contributed by atoms with E-state index in [1.807, 2.05) is 6.07 Å². The minimum atomic E-state index is 0.603. The van der Waals surface area contributed by atoms with E-state index in [2.05, 4.69) is 16.4 Å². The first kappa shape index (κ1) is 11.4. The van der Waals surface area contributed by atoms with Crippen LogP contribution >= 0.6 is 11.8 Å². The zero-order chi connectivity index (χ0) is 11.2. The molecule has 0 unspecified atom stereocenters. The molecule has 2 rings (SSSR count). The van der Waals surface area contributed by atoms with Gasteiger partial charge in [-0.1, -0.05) is 6.42 Å². The van der Waals surface area contributed by atoms with Crippen molar-refractivity contribution in [3.05, 3.63) is 23.9 Å². The molecule has 1 aromatic heterocycles. The van der Waals surface area contributed by atoms with Gasteiger partial charge in [0.05, 0.1) is 16.7 Å². The standard InChI is InChI=1S/C12H15N3S/c13-8-10-4-6-15-12(7-10)16-9-11-3-1-2-5-14-11/h4,6-7,11,14H,1-3,5,9H2/t11-/m0/s1. The molecule has 16 heavy (non-hydrogen) atoms. The molecule has 0 saturated carbocycles. The van der Waals surface area contributed by atoms with E-state index in [4.69, 9.17) is 5.26 Å². The highest BCUT2D eigenvalue weighted by Gasteiger charge is 2.12. The molecule has 1 saturated heterocycles. The Hall–Kier alpha value is -1.05. The third kappa shape index (κ3) is 3.22. The number of rotatable bonds is 3. The van der Waals surface area contributed by atoms with Crippen LogP contribution in [-0.4, -0.2) is 23.3 Å². The highest BCUT2D eigenvalue weighted by Crippen LogP contribution is 2.19. The summed E-state index contributed by atoms with van der Waals surface area (Å²) in [6, 6.07) is 6.33. The zero-order valence-corrected chi connectivity index (χ0v) is 9.96. The van der Waals surface area contributed by atoms with Crippen molar-refractivity contribution in [3.8, 4) is 6.07 Å². The molecule has 4 heteroatoms. The Kier molecular flexibility index (Phi) is 4.20. The van der Waals surface area contributed by atoms with Gasteiger partial charge in [-0.15, -0.1) is 11.8 Å². The lowest BCUT2D eigenvalue weighted by Crippen LogP contribution is -2.35. The lowest BCUT2D eigenvalue weighted by Gasteiger charge is -2.22. The van der Waals surface area contributed by atoms with Gasteiger partial charge in [-0.3, -0.25) is 0 Å². The summed E-state index contributed by atoms with van der Waals surface area (Å²) in [6.45, 7) is 1.14. The average molecular weight is 233 g/mol. The van der Waals surface area contributed by atoms with Gasteiger partial charge in [0.25, 0.3) is 0 Å². The maximum Gasteiger partial charge on any atom is 0.0993 e. The van der Waals surface area contributed by atoms with Crippen LogP contribution in [0, 0.1) is 11.3 Å². The van der Waals surface area contributed by atoms with E-state index in [9.17, 15) is 0 Å². The van der Waals surface area contributed by atoms with Crippen LogP contribution in [0.2, 0.25) is 0 Å². The van der Waals surface area contributed by atoms with E-state index in [-0.39, 0.29) is 0 Å². The minimum absolute atomic E-state index is 0.603. The van der Waals surface area contributed by atoms with Gasteiger partial charge in [-0.25, -0.2) is 4.98 Å². The molecule has 1 aliphatic rings. The number of aromatic nitrogens is 1. The van der Waals surface area contributed by atoms with Crippen LogP contribution in [-0.2, 0) is 0 Å². The largest absolute Gasteiger partial charge is 0.313 e. The van der Waals surface area contributed by atoms with E-state index in [1.54, 1.807) is 24.0 Å². The van der Waals surface area contributed by atoms with Gasteiger partial charge >= 0.3 is 0 Å². The molecule has 0 amide bonds. The van der Waals surface area contributed by atoms with Crippen LogP contribution in [0.5, 0.6) is 0 Å². The number of nitrogens with zero attached hydrogens (tertiary/aromatic N) is 2. The predicted octanol–water partition coefficient (Wildman–Crippen LogP) is 2.19. The minimum Gasteiger partial charge on any atom is -0.313 e. The summed E-state index contributed by atoms with van der Waals surface area (Å²) in [6.07, 6.45) is 5.58. The van der Waals surface area contributed by atoms with Crippen molar-refractivity contribution >= 4 is 11.8 Å². The number of thioether (sulfide) groups is 1. The van der Waals surface area contributed by atoms with Gasteiger partial charge in [0.1, 0.15) is 0 Å². The van der Waals surface area contributed by atoms with Crippen LogP contribution in [0.3, 0.4) is 0 Å². The molecule has 3 nitrogen and oxygen atoms in total. The van der Waals surface area contributed by atoms with Crippen molar-refractivity contribution in [2.24, 2.45) is 0 Å². The second-order valence-electron chi connectivity index (χ2n) is 3.95. The molecule has 1 aliphatic heterocycles. The van der Waals surface area contributed by atoms with Crippen molar-refractivity contribution in [2.45, 2.75) is 30.3 Å². The molecular weight excluding hydrogens is 218 g/mol. The second-order valence-corrected chi connectivity index (χ2v) is 4.99. The van der Waals surface area contributed by atoms with Crippen LogP contribution in [0.4, 0.5) is 0 Å². The van der Waals surface area contributed by atoms with Crippen LogP contribution in [0.1, 0.15) is 24.8 Å². The molecule has 0 spiro atoms. The second kappa shape index (κ2) is 5.88. The number of hydrogen-bond donors (Lipinski definition) is 1. The Morgan fingerprint density at radius 1 is 1.56 bits per heavy atom. The van der Waals surface area contributed by atoms with Crippen LogP contribution in [0.15, 0.2) is 23.4 Å². The summed E-state index contributed by atoms with van der Waals surface area (Å²) >= 11 is 1.73. The fourth-order valence-electron chi connectivity index (χ4n) is 1.81. The molecule has 0 aliphatic carbocycles. The monoisotopic (exact) mass is 233 g/mol. The first-order valence-corrected chi connectivity index (χ1v) is 6.59. The summed E-state index contributed by atoms with van der Waals surface area (Å²) in [5.74, 6) is 1.04. The summed E-state index contributed by atoms with van der Waals surface area (Å²) in [5, 5.41) is 13.2. The topological polar surface area (TPSA) is 48.7 Å². The van der Waals surface area contributed by atoms with Crippen LogP contribution < -0.4 is 5.32 Å². The summed E-state index contributed by atoms with van der Waals surface area (Å²) in [7, 11) is 0. The van der Waals surface area contributed by atoms with Gasteiger partial charge in [-0.2, -0.15) is 5.26 Å². The summed E-state index contributed by atoms with van der Waals surface area (Å²) in [4.78, 5) is 4.26. The van der Waals surface area contributed by atoms with E-state index in [0.717, 1.165) is 17.3 Å². The number of nitrogens with one attached hydrogen (secondary N) is 1. The zero-order valence-electron chi connectivity index (χ0n) is 9.15. The van der Waals surface area contributed by atoms with Crippen LogP contribution in [0.25, 0.3) is 0 Å². The number of hydrogen-bond acceptors (Lipinski definition) is 4. The Labute approximate surface area is 100 Å². The summed E-state index contributed by atoms with van der Waals surface area (Å²) in [5.41, 5.74) is 0.689. The molecule has 1 aromatic rings. The van der Waals surface area contributed by atoms with Crippen molar-refractivity contribution in [1.82, 2.24) is 10.3 Å². The van der Waals surface area contributed by atoms with Gasteiger partial charge in [0, 0.05) is 18.0 Å². The Bertz CT molecular complexity index is 380. The molecule has 1 N–H and O–H groups in total. The maximum atomic E-state index is 8.78. The van der Waals surface area contributed by atoms with Crippen molar-refractivity contribution in [3.63, 3.8) is 0 Å². The lowest BCUT2D eigenvalue weighted by atomic mass is 10.1. The fourth-order valence-corrected chi connectivity index (χ4v) is 2.81. The smallest absolute Gasteiger partial charge is 0.0993 e. The number of nitriles is 1. The SMILES string of the molecule is N#Cc1ccnc(SC[C@@H]2CCCCN2)c1. The van der Waals surface area contributed by atoms with Crippen molar-refractivity contribution in [2.75, 3.05) is 12.3 Å². The Morgan fingerprint density at radius 2 is 2.50 bits per heavy atom. The van der Waals surface area contributed by atoms with Gasteiger partial charge in [-0.05, 0) is 31.5 Å². The predicted molar refractivity (Wildman–Crippen MR) is 65.3 cm³/mol. The third-order valence-corrected chi connectivity index (χ3v) is 3.80. The Morgan fingerprint density at radius 3 is 3.25 bits per heavy atom. The molecule has 0 radical (unpaired) electrons. The fraction of sp³-hybridized carbons (Fsp3) is 0.500. The molecule has 1 fully saturated rings. The van der Waals surface area contributed by atoms with E-state index >= 15 is 0 Å². The van der Waals surface area contributed by atoms with E-state index in [0.29, 0.717) is 11.6 Å². The highest BCUT2D eigenvalue weighted by atomic mass is 32.2. The van der Waals surface area contributed by atoms with E-state index in [1.165, 1.54) is 19.3 Å². The first-order valence-electron chi connectivity index (χ1n) is 5.61. The van der Waals surface area contributed by atoms with Gasteiger partial charge in [0.2, 0.25) is 0 Å². The average Bonchev–Trinajstić information content (AvgIpc) is 2.38. The molecule has 0 bridgehead atoms. The summed E-state index contributed by atoms with van der Waals surface area (Å²) < 4.78 is 0. The lowest BCUT2D eigenvalue weighted by molar-refractivity contribution is 0.430. The quantitative estimate of drug-likeness (QED) is 0.813. The molecule has 1 atom stereocenters. The van der Waals surface area contributed by atoms with E-state index < -0.39 is 0 Å². The number of piperidine rings is 1. The van der Waals surface area contributed by atoms with Gasteiger partial charge in [0.15, 0.2) is 0 Å².